The number of ketones is 1. The van der Waals surface area contributed by atoms with Crippen molar-refractivity contribution in [3.05, 3.63) is 59.9 Å². The number of aromatic nitrogens is 1. The van der Waals surface area contributed by atoms with E-state index in [2.05, 4.69) is 18.8 Å². The van der Waals surface area contributed by atoms with E-state index >= 15 is 0 Å². The molecule has 1 aliphatic rings. The van der Waals surface area contributed by atoms with Crippen LogP contribution in [0, 0.1) is 5.92 Å². The Balaban J connectivity index is 0.000000321. The van der Waals surface area contributed by atoms with E-state index in [9.17, 15) is 4.79 Å². The van der Waals surface area contributed by atoms with Crippen molar-refractivity contribution in [1.82, 2.24) is 4.98 Å². The van der Waals surface area contributed by atoms with E-state index in [1.54, 1.807) is 6.92 Å². The molecular formula is C26H39NO2. The smallest absolute Gasteiger partial charge is 0.134 e. The Morgan fingerprint density at radius 1 is 1.07 bits per heavy atom. The highest BCUT2D eigenvalue weighted by Gasteiger charge is 2.14. The van der Waals surface area contributed by atoms with Crippen LogP contribution in [-0.2, 0) is 11.2 Å². The predicted molar refractivity (Wildman–Crippen MR) is 123 cm³/mol. The zero-order valence-electron chi connectivity index (χ0n) is 19.0. The highest BCUT2D eigenvalue weighted by molar-refractivity contribution is 5.78. The van der Waals surface area contributed by atoms with E-state index in [-0.39, 0.29) is 5.78 Å². The Morgan fingerprint density at radius 2 is 1.72 bits per heavy atom. The lowest BCUT2D eigenvalue weighted by molar-refractivity contribution is -0.116. The average molecular weight is 398 g/mol. The lowest BCUT2D eigenvalue weighted by Crippen LogP contribution is -2.15. The first kappa shape index (κ1) is 24.9. The lowest BCUT2D eigenvalue weighted by atomic mass is 9.90. The number of pyridine rings is 1. The third-order valence-corrected chi connectivity index (χ3v) is 4.93. The maximum Gasteiger partial charge on any atom is 0.134 e. The van der Waals surface area contributed by atoms with Gasteiger partial charge in [-0.25, -0.2) is 0 Å². The number of rotatable bonds is 6. The van der Waals surface area contributed by atoms with Gasteiger partial charge >= 0.3 is 0 Å². The molecule has 0 atom stereocenters. The van der Waals surface area contributed by atoms with Crippen molar-refractivity contribution in [2.45, 2.75) is 79.1 Å². The van der Waals surface area contributed by atoms with E-state index < -0.39 is 0 Å². The number of hydrogen-bond donors (Lipinski definition) is 0. The molecule has 1 saturated carbocycles. The second-order valence-corrected chi connectivity index (χ2v) is 7.78. The molecule has 160 valence electrons. The number of benzene rings is 1. The molecule has 2 aromatic rings. The van der Waals surface area contributed by atoms with Crippen LogP contribution in [0.5, 0.6) is 5.75 Å². The van der Waals surface area contributed by atoms with Crippen LogP contribution in [0.15, 0.2) is 48.8 Å². The van der Waals surface area contributed by atoms with Crippen LogP contribution in [0.3, 0.4) is 0 Å². The van der Waals surface area contributed by atoms with Crippen LogP contribution in [0.25, 0.3) is 0 Å². The van der Waals surface area contributed by atoms with Gasteiger partial charge in [0.1, 0.15) is 11.5 Å². The number of hydrogen-bond acceptors (Lipinski definition) is 3. The topological polar surface area (TPSA) is 39.2 Å². The quantitative estimate of drug-likeness (QED) is 0.526. The standard InChI is InChI=1S/C16H22O2.C8H11N.C2H6/c1-13(17)10-15-8-5-9-16(11-15)18-12-14-6-3-2-4-7-14;1-7(2)8-3-5-9-6-4-8;1-2/h5,8-9,11,14H,2-4,6-7,10,12H2,1H3;3-7H,1-2H3;1-2H3. The zero-order chi connectivity index (χ0) is 21.5. The maximum absolute atomic E-state index is 11.1. The highest BCUT2D eigenvalue weighted by Crippen LogP contribution is 2.25. The molecule has 0 amide bonds. The molecule has 1 aromatic heterocycles. The largest absolute Gasteiger partial charge is 0.493 e. The number of Topliss-reactive ketones (excluding diaryl/α,β-unsaturated/α-hetero) is 1. The van der Waals surface area contributed by atoms with Gasteiger partial charge < -0.3 is 4.74 Å². The van der Waals surface area contributed by atoms with Gasteiger partial charge in [-0.1, -0.05) is 59.1 Å². The molecule has 3 heteroatoms. The number of carbonyl (C=O) groups is 1. The van der Waals surface area contributed by atoms with Gasteiger partial charge in [-0.05, 0) is 67.0 Å². The first-order valence-corrected chi connectivity index (χ1v) is 11.2. The molecule has 1 fully saturated rings. The van der Waals surface area contributed by atoms with Crippen molar-refractivity contribution < 1.29 is 9.53 Å². The minimum atomic E-state index is 0.194. The monoisotopic (exact) mass is 397 g/mol. The Morgan fingerprint density at radius 3 is 2.28 bits per heavy atom. The maximum atomic E-state index is 11.1. The van der Waals surface area contributed by atoms with Crippen molar-refractivity contribution >= 4 is 5.78 Å². The SMILES string of the molecule is CC.CC(=O)Cc1cccc(OCC2CCCCC2)c1.CC(C)c1ccncc1. The molecule has 1 aliphatic carbocycles. The molecule has 1 aromatic carbocycles. The highest BCUT2D eigenvalue weighted by atomic mass is 16.5. The average Bonchev–Trinajstić information content (AvgIpc) is 2.75. The molecule has 0 aliphatic heterocycles. The summed E-state index contributed by atoms with van der Waals surface area (Å²) in [5.41, 5.74) is 2.40. The predicted octanol–water partition coefficient (Wildman–Crippen LogP) is 7.01. The van der Waals surface area contributed by atoms with E-state index in [1.807, 2.05) is 62.6 Å². The third kappa shape index (κ3) is 10.8. The fourth-order valence-corrected chi connectivity index (χ4v) is 3.35. The van der Waals surface area contributed by atoms with Crippen molar-refractivity contribution in [3.63, 3.8) is 0 Å². The molecule has 3 nitrogen and oxygen atoms in total. The van der Waals surface area contributed by atoms with E-state index in [0.29, 0.717) is 12.3 Å². The minimum absolute atomic E-state index is 0.194. The van der Waals surface area contributed by atoms with Gasteiger partial charge in [0.05, 0.1) is 6.61 Å². The molecule has 29 heavy (non-hydrogen) atoms. The Kier molecular flexibility index (Phi) is 12.7. The molecule has 0 saturated heterocycles. The van der Waals surface area contributed by atoms with Gasteiger partial charge in [0.2, 0.25) is 0 Å². The van der Waals surface area contributed by atoms with Crippen LogP contribution < -0.4 is 4.74 Å². The fourth-order valence-electron chi connectivity index (χ4n) is 3.35. The number of nitrogens with zero attached hydrogens (tertiary/aromatic N) is 1. The molecule has 0 radical (unpaired) electrons. The summed E-state index contributed by atoms with van der Waals surface area (Å²) in [7, 11) is 0. The Hall–Kier alpha value is -2.16. The Labute approximate surface area is 177 Å². The van der Waals surface area contributed by atoms with Crippen molar-refractivity contribution in [2.24, 2.45) is 5.92 Å². The summed E-state index contributed by atoms with van der Waals surface area (Å²) in [4.78, 5) is 15.0. The van der Waals surface area contributed by atoms with Gasteiger partial charge in [0.15, 0.2) is 0 Å². The normalized spacial score (nSPS) is 13.6. The zero-order valence-corrected chi connectivity index (χ0v) is 19.0. The lowest BCUT2D eigenvalue weighted by Gasteiger charge is -2.21. The molecule has 3 rings (SSSR count). The second kappa shape index (κ2) is 14.8. The Bertz CT molecular complexity index is 676. The summed E-state index contributed by atoms with van der Waals surface area (Å²) in [6.07, 6.45) is 10.8. The summed E-state index contributed by atoms with van der Waals surface area (Å²) in [6, 6.07) is 12.0. The second-order valence-electron chi connectivity index (χ2n) is 7.78. The van der Waals surface area contributed by atoms with Crippen LogP contribution >= 0.6 is 0 Å². The first-order chi connectivity index (χ1) is 14.0. The third-order valence-electron chi connectivity index (χ3n) is 4.93. The van der Waals surface area contributed by atoms with Crippen molar-refractivity contribution in [3.8, 4) is 5.75 Å². The minimum Gasteiger partial charge on any atom is -0.493 e. The van der Waals surface area contributed by atoms with Gasteiger partial charge in [-0.3, -0.25) is 9.78 Å². The summed E-state index contributed by atoms with van der Waals surface area (Å²) in [5, 5.41) is 0. The molecule has 0 unspecified atom stereocenters. The van der Waals surface area contributed by atoms with Crippen LogP contribution in [0.4, 0.5) is 0 Å². The first-order valence-electron chi connectivity index (χ1n) is 11.2. The molecule has 0 bridgehead atoms. The van der Waals surface area contributed by atoms with Crippen molar-refractivity contribution in [1.29, 1.82) is 0 Å². The molecule has 1 heterocycles. The van der Waals surface area contributed by atoms with Crippen LogP contribution in [-0.4, -0.2) is 17.4 Å². The summed E-state index contributed by atoms with van der Waals surface area (Å²) in [6.45, 7) is 10.8. The summed E-state index contributed by atoms with van der Waals surface area (Å²) < 4.78 is 5.86. The van der Waals surface area contributed by atoms with Gasteiger partial charge in [-0.15, -0.1) is 0 Å². The van der Waals surface area contributed by atoms with Gasteiger partial charge in [0.25, 0.3) is 0 Å². The van der Waals surface area contributed by atoms with Crippen LogP contribution in [0.1, 0.15) is 83.8 Å². The van der Waals surface area contributed by atoms with Crippen LogP contribution in [0.2, 0.25) is 0 Å². The number of ether oxygens (including phenoxy) is 1. The molecule has 0 N–H and O–H groups in total. The van der Waals surface area contributed by atoms with Crippen molar-refractivity contribution in [2.75, 3.05) is 6.61 Å². The summed E-state index contributed by atoms with van der Waals surface area (Å²) >= 11 is 0. The van der Waals surface area contributed by atoms with E-state index in [4.69, 9.17) is 4.74 Å². The van der Waals surface area contributed by atoms with Gasteiger partial charge in [-0.2, -0.15) is 0 Å². The summed E-state index contributed by atoms with van der Waals surface area (Å²) in [5.74, 6) is 2.43. The number of carbonyl (C=O) groups excluding carboxylic acids is 1. The molecular weight excluding hydrogens is 358 g/mol. The molecule has 0 spiro atoms. The fraction of sp³-hybridized carbons (Fsp3) is 0.538. The van der Waals surface area contributed by atoms with E-state index in [0.717, 1.165) is 23.8 Å². The van der Waals surface area contributed by atoms with Gasteiger partial charge in [0, 0.05) is 18.8 Å². The van der Waals surface area contributed by atoms with E-state index in [1.165, 1.54) is 37.7 Å².